The molecule has 19 heavy (non-hydrogen) atoms. The van der Waals surface area contributed by atoms with Gasteiger partial charge in [0, 0.05) is 23.6 Å². The smallest absolute Gasteiger partial charge is 0.161 e. The van der Waals surface area contributed by atoms with Gasteiger partial charge in [-0.25, -0.2) is 0 Å². The van der Waals surface area contributed by atoms with Crippen molar-refractivity contribution < 1.29 is 9.47 Å². The van der Waals surface area contributed by atoms with Crippen LogP contribution in [0.1, 0.15) is 11.3 Å². The number of aromatic nitrogens is 1. The summed E-state index contributed by atoms with van der Waals surface area (Å²) in [5.74, 6) is 1.53. The summed E-state index contributed by atoms with van der Waals surface area (Å²) >= 11 is 3.44. The van der Waals surface area contributed by atoms with Crippen LogP contribution in [-0.2, 0) is 11.8 Å². The molecule has 0 saturated carbocycles. The number of ether oxygens (including phenoxy) is 2. The van der Waals surface area contributed by atoms with Crippen molar-refractivity contribution in [2.24, 2.45) is 0 Å². The van der Waals surface area contributed by atoms with Crippen molar-refractivity contribution in [2.75, 3.05) is 13.7 Å². The second-order valence-electron chi connectivity index (χ2n) is 4.04. The fraction of sp³-hybridized carbons (Fsp3) is 0.267. The van der Waals surface area contributed by atoms with Crippen molar-refractivity contribution in [3.63, 3.8) is 0 Å². The first-order valence-electron chi connectivity index (χ1n) is 6.09. The summed E-state index contributed by atoms with van der Waals surface area (Å²) < 4.78 is 11.1. The van der Waals surface area contributed by atoms with Crippen LogP contribution in [0.2, 0.25) is 0 Å². The SMILES string of the molecule is COc1ccc(CBr)cc1OCCc1ccccn1. The molecule has 100 valence electrons. The largest absolute Gasteiger partial charge is 0.493 e. The molecular weight excluding hydrogens is 306 g/mol. The Kier molecular flexibility index (Phi) is 5.21. The molecule has 0 radical (unpaired) electrons. The molecule has 0 aliphatic rings. The maximum atomic E-state index is 5.79. The first-order valence-corrected chi connectivity index (χ1v) is 7.21. The minimum atomic E-state index is 0.582. The second-order valence-corrected chi connectivity index (χ2v) is 4.60. The molecule has 0 atom stereocenters. The van der Waals surface area contributed by atoms with E-state index in [2.05, 4.69) is 20.9 Å². The van der Waals surface area contributed by atoms with Gasteiger partial charge >= 0.3 is 0 Å². The molecule has 3 nitrogen and oxygen atoms in total. The molecule has 2 aromatic rings. The third-order valence-electron chi connectivity index (χ3n) is 2.72. The van der Waals surface area contributed by atoms with Crippen molar-refractivity contribution in [1.29, 1.82) is 0 Å². The zero-order valence-electron chi connectivity index (χ0n) is 10.8. The van der Waals surface area contributed by atoms with Crippen LogP contribution in [0, 0.1) is 0 Å². The van der Waals surface area contributed by atoms with E-state index in [-0.39, 0.29) is 0 Å². The van der Waals surface area contributed by atoms with Crippen LogP contribution in [0.25, 0.3) is 0 Å². The number of hydrogen-bond acceptors (Lipinski definition) is 3. The maximum absolute atomic E-state index is 5.79. The summed E-state index contributed by atoms with van der Waals surface area (Å²) in [7, 11) is 1.65. The first-order chi connectivity index (χ1) is 9.33. The molecule has 0 N–H and O–H groups in total. The summed E-state index contributed by atoms with van der Waals surface area (Å²) in [6.45, 7) is 0.582. The molecule has 0 aliphatic heterocycles. The van der Waals surface area contributed by atoms with Crippen molar-refractivity contribution in [1.82, 2.24) is 4.98 Å². The van der Waals surface area contributed by atoms with E-state index >= 15 is 0 Å². The van der Waals surface area contributed by atoms with Crippen LogP contribution in [0.15, 0.2) is 42.6 Å². The average Bonchev–Trinajstić information content (AvgIpc) is 2.48. The minimum absolute atomic E-state index is 0.582. The fourth-order valence-electron chi connectivity index (χ4n) is 1.73. The van der Waals surface area contributed by atoms with Gasteiger partial charge in [0.25, 0.3) is 0 Å². The highest BCUT2D eigenvalue weighted by Crippen LogP contribution is 2.28. The second kappa shape index (κ2) is 7.14. The van der Waals surface area contributed by atoms with E-state index in [1.54, 1.807) is 13.3 Å². The standard InChI is InChI=1S/C15H16BrNO2/c1-18-14-6-5-12(11-16)10-15(14)19-9-7-13-4-2-3-8-17-13/h2-6,8,10H,7,9,11H2,1H3. The summed E-state index contributed by atoms with van der Waals surface area (Å²) in [4.78, 5) is 4.27. The van der Waals surface area contributed by atoms with Crippen LogP contribution in [-0.4, -0.2) is 18.7 Å². The Labute approximate surface area is 121 Å². The predicted molar refractivity (Wildman–Crippen MR) is 79.1 cm³/mol. The molecule has 2 rings (SSSR count). The quantitative estimate of drug-likeness (QED) is 0.762. The highest BCUT2D eigenvalue weighted by molar-refractivity contribution is 9.08. The molecule has 0 fully saturated rings. The number of alkyl halides is 1. The molecule has 1 heterocycles. The highest BCUT2D eigenvalue weighted by atomic mass is 79.9. The lowest BCUT2D eigenvalue weighted by Crippen LogP contribution is -2.04. The Balaban J connectivity index is 1.98. The van der Waals surface area contributed by atoms with E-state index in [4.69, 9.17) is 9.47 Å². The average molecular weight is 322 g/mol. The monoisotopic (exact) mass is 321 g/mol. The first kappa shape index (κ1) is 13.9. The van der Waals surface area contributed by atoms with Gasteiger partial charge in [-0.2, -0.15) is 0 Å². The normalized spacial score (nSPS) is 10.2. The van der Waals surface area contributed by atoms with Gasteiger partial charge in [0.1, 0.15) is 0 Å². The van der Waals surface area contributed by atoms with Crippen LogP contribution < -0.4 is 9.47 Å². The maximum Gasteiger partial charge on any atom is 0.161 e. The number of hydrogen-bond donors (Lipinski definition) is 0. The van der Waals surface area contributed by atoms with Crippen LogP contribution in [0.4, 0.5) is 0 Å². The highest BCUT2D eigenvalue weighted by Gasteiger charge is 2.05. The topological polar surface area (TPSA) is 31.4 Å². The van der Waals surface area contributed by atoms with Crippen LogP contribution >= 0.6 is 15.9 Å². The molecule has 4 heteroatoms. The molecular formula is C15H16BrNO2. The number of rotatable bonds is 6. The lowest BCUT2D eigenvalue weighted by molar-refractivity contribution is 0.296. The Morgan fingerprint density at radius 1 is 1.16 bits per heavy atom. The van der Waals surface area contributed by atoms with E-state index in [0.29, 0.717) is 6.61 Å². The number of methoxy groups -OCH3 is 1. The molecule has 0 saturated heterocycles. The van der Waals surface area contributed by atoms with Gasteiger partial charge in [0.05, 0.1) is 13.7 Å². The molecule has 1 aromatic carbocycles. The van der Waals surface area contributed by atoms with Gasteiger partial charge in [-0.3, -0.25) is 4.98 Å². The van der Waals surface area contributed by atoms with Gasteiger partial charge in [0.15, 0.2) is 11.5 Å². The summed E-state index contributed by atoms with van der Waals surface area (Å²) in [5, 5.41) is 0.799. The van der Waals surface area contributed by atoms with Crippen LogP contribution in [0.3, 0.4) is 0 Å². The zero-order chi connectivity index (χ0) is 13.5. The van der Waals surface area contributed by atoms with Crippen molar-refractivity contribution >= 4 is 15.9 Å². The minimum Gasteiger partial charge on any atom is -0.493 e. The van der Waals surface area contributed by atoms with Gasteiger partial charge < -0.3 is 9.47 Å². The van der Waals surface area contributed by atoms with E-state index in [1.807, 2.05) is 36.4 Å². The van der Waals surface area contributed by atoms with Gasteiger partial charge in [-0.1, -0.05) is 28.1 Å². The van der Waals surface area contributed by atoms with Gasteiger partial charge in [-0.15, -0.1) is 0 Å². The third kappa shape index (κ3) is 3.96. The number of pyridine rings is 1. The summed E-state index contributed by atoms with van der Waals surface area (Å²) in [6, 6.07) is 11.8. The third-order valence-corrected chi connectivity index (χ3v) is 3.37. The van der Waals surface area contributed by atoms with Crippen molar-refractivity contribution in [3.05, 3.63) is 53.9 Å². The molecule has 0 amide bonds. The van der Waals surface area contributed by atoms with Crippen molar-refractivity contribution in [2.45, 2.75) is 11.8 Å². The summed E-state index contributed by atoms with van der Waals surface area (Å²) in [6.07, 6.45) is 2.57. The molecule has 1 aromatic heterocycles. The van der Waals surface area contributed by atoms with Crippen molar-refractivity contribution in [3.8, 4) is 11.5 Å². The van der Waals surface area contributed by atoms with E-state index in [1.165, 1.54) is 0 Å². The molecule has 0 spiro atoms. The Morgan fingerprint density at radius 2 is 2.05 bits per heavy atom. The Bertz CT molecular complexity index is 517. The Morgan fingerprint density at radius 3 is 2.74 bits per heavy atom. The summed E-state index contributed by atoms with van der Waals surface area (Å²) in [5.41, 5.74) is 2.19. The lowest BCUT2D eigenvalue weighted by Gasteiger charge is -2.11. The predicted octanol–water partition coefficient (Wildman–Crippen LogP) is 3.61. The van der Waals surface area contributed by atoms with E-state index in [0.717, 1.165) is 34.5 Å². The zero-order valence-corrected chi connectivity index (χ0v) is 12.4. The van der Waals surface area contributed by atoms with Gasteiger partial charge in [-0.05, 0) is 29.8 Å². The lowest BCUT2D eigenvalue weighted by atomic mass is 10.2. The Hall–Kier alpha value is -1.55. The number of benzene rings is 1. The molecule has 0 bridgehead atoms. The molecule has 0 unspecified atom stereocenters. The fourth-order valence-corrected chi connectivity index (χ4v) is 2.08. The number of halogens is 1. The number of nitrogens with zero attached hydrogens (tertiary/aromatic N) is 1. The van der Waals surface area contributed by atoms with E-state index < -0.39 is 0 Å². The van der Waals surface area contributed by atoms with Crippen LogP contribution in [0.5, 0.6) is 11.5 Å². The molecule has 0 aliphatic carbocycles. The van der Waals surface area contributed by atoms with Gasteiger partial charge in [0.2, 0.25) is 0 Å². The van der Waals surface area contributed by atoms with E-state index in [9.17, 15) is 0 Å².